The summed E-state index contributed by atoms with van der Waals surface area (Å²) >= 11 is 0. The van der Waals surface area contributed by atoms with E-state index in [1.807, 2.05) is 0 Å². The van der Waals surface area contributed by atoms with Crippen molar-refractivity contribution in [3.8, 4) is 0 Å². The van der Waals surface area contributed by atoms with Crippen LogP contribution in [0.5, 0.6) is 0 Å². The monoisotopic (exact) mass is 338 g/mol. The lowest BCUT2D eigenvalue weighted by Crippen LogP contribution is -2.24. The Labute approximate surface area is 157 Å². The lowest BCUT2D eigenvalue weighted by molar-refractivity contribution is 0.638. The summed E-state index contributed by atoms with van der Waals surface area (Å²) in [5.74, 6) is 0.470. The van der Waals surface area contributed by atoms with E-state index in [0.717, 1.165) is 0 Å². The first kappa shape index (κ1) is 16.8. The minimum Gasteiger partial charge on any atom is -0.102 e. The van der Waals surface area contributed by atoms with Gasteiger partial charge in [-0.3, -0.25) is 0 Å². The van der Waals surface area contributed by atoms with Crippen LogP contribution in [0.3, 0.4) is 0 Å². The summed E-state index contributed by atoms with van der Waals surface area (Å²) in [6.45, 7) is 11.1. The molecule has 2 aromatic rings. The molecule has 4 rings (SSSR count). The molecule has 0 amide bonds. The zero-order valence-corrected chi connectivity index (χ0v) is 15.9. The van der Waals surface area contributed by atoms with Gasteiger partial charge in [0.2, 0.25) is 0 Å². The molecule has 0 radical (unpaired) electrons. The standard InChI is InChI=1S/C26H26/c1-5-26(21-11-7-6-8-12-21)18-10-9-13-22(26)24-23(25(24,3)4)20-16-14-19(2)15-17-20/h5-18,23H,1H2,2-4H3. The van der Waals surface area contributed by atoms with Crippen molar-refractivity contribution in [1.29, 1.82) is 0 Å². The second-order valence-corrected chi connectivity index (χ2v) is 8.05. The molecule has 1 fully saturated rings. The van der Waals surface area contributed by atoms with Gasteiger partial charge in [0, 0.05) is 5.92 Å². The van der Waals surface area contributed by atoms with Crippen molar-refractivity contribution in [2.75, 3.05) is 0 Å². The molecule has 2 unspecified atom stereocenters. The highest BCUT2D eigenvalue weighted by molar-refractivity contribution is 5.64. The van der Waals surface area contributed by atoms with Crippen LogP contribution in [0.25, 0.3) is 0 Å². The van der Waals surface area contributed by atoms with Crippen LogP contribution in [0.15, 0.2) is 103 Å². The first-order valence-corrected chi connectivity index (χ1v) is 9.37. The van der Waals surface area contributed by atoms with Gasteiger partial charge in [-0.25, -0.2) is 0 Å². The molecule has 0 bridgehead atoms. The maximum atomic E-state index is 4.23. The predicted octanol–water partition coefficient (Wildman–Crippen LogP) is 6.67. The number of hydrogen-bond acceptors (Lipinski definition) is 0. The van der Waals surface area contributed by atoms with Crippen molar-refractivity contribution in [2.45, 2.75) is 32.1 Å². The molecular formula is C26H26. The van der Waals surface area contributed by atoms with Crippen LogP contribution in [0, 0.1) is 12.3 Å². The molecule has 0 saturated heterocycles. The fourth-order valence-corrected chi connectivity index (χ4v) is 4.55. The third kappa shape index (κ3) is 2.44. The van der Waals surface area contributed by atoms with E-state index in [1.165, 1.54) is 27.8 Å². The van der Waals surface area contributed by atoms with E-state index < -0.39 is 0 Å². The minimum atomic E-state index is -0.248. The fraction of sp³-hybridized carbons (Fsp3) is 0.231. The van der Waals surface area contributed by atoms with Gasteiger partial charge in [0.05, 0.1) is 5.41 Å². The van der Waals surface area contributed by atoms with Crippen LogP contribution in [0.1, 0.15) is 36.5 Å². The Hall–Kier alpha value is -2.60. The summed E-state index contributed by atoms with van der Waals surface area (Å²) in [5.41, 5.74) is 6.85. The molecule has 1 saturated carbocycles. The summed E-state index contributed by atoms with van der Waals surface area (Å²) < 4.78 is 0. The lowest BCUT2D eigenvalue weighted by atomic mass is 9.71. The average molecular weight is 338 g/mol. The Balaban J connectivity index is 1.89. The maximum absolute atomic E-state index is 4.23. The van der Waals surface area contributed by atoms with E-state index in [-0.39, 0.29) is 10.8 Å². The van der Waals surface area contributed by atoms with Crippen LogP contribution < -0.4 is 0 Å². The van der Waals surface area contributed by atoms with E-state index in [2.05, 4.69) is 112 Å². The normalized spacial score (nSPS) is 28.8. The summed E-state index contributed by atoms with van der Waals surface area (Å²) in [4.78, 5) is 0. The number of benzene rings is 2. The molecule has 26 heavy (non-hydrogen) atoms. The minimum absolute atomic E-state index is 0.170. The van der Waals surface area contributed by atoms with Gasteiger partial charge in [-0.15, -0.1) is 6.58 Å². The smallest absolute Gasteiger partial charge is 0.0563 e. The number of aryl methyl sites for hydroxylation is 1. The first-order chi connectivity index (χ1) is 12.5. The van der Waals surface area contributed by atoms with Gasteiger partial charge in [0.15, 0.2) is 0 Å². The van der Waals surface area contributed by atoms with Crippen LogP contribution in [-0.2, 0) is 5.41 Å². The highest BCUT2D eigenvalue weighted by Gasteiger charge is 2.56. The van der Waals surface area contributed by atoms with Crippen molar-refractivity contribution in [1.82, 2.24) is 0 Å². The topological polar surface area (TPSA) is 0 Å². The molecule has 0 aliphatic heterocycles. The molecular weight excluding hydrogens is 312 g/mol. The van der Waals surface area contributed by atoms with Crippen LogP contribution >= 0.6 is 0 Å². The molecule has 2 aliphatic rings. The van der Waals surface area contributed by atoms with Crippen molar-refractivity contribution in [2.24, 2.45) is 5.41 Å². The fourth-order valence-electron chi connectivity index (χ4n) is 4.55. The van der Waals surface area contributed by atoms with E-state index in [9.17, 15) is 0 Å². The SMILES string of the molecule is C=CC1(c2ccccc2)C=CC=CC1=C1C(c2ccc(C)cc2)C1(C)C. The van der Waals surface area contributed by atoms with Crippen molar-refractivity contribution >= 4 is 0 Å². The van der Waals surface area contributed by atoms with Crippen LogP contribution in [-0.4, -0.2) is 0 Å². The third-order valence-electron chi connectivity index (χ3n) is 6.07. The summed E-state index contributed by atoms with van der Waals surface area (Å²) in [6.07, 6.45) is 11.0. The van der Waals surface area contributed by atoms with Crippen LogP contribution in [0.2, 0.25) is 0 Å². The van der Waals surface area contributed by atoms with Gasteiger partial charge >= 0.3 is 0 Å². The van der Waals surface area contributed by atoms with E-state index in [0.29, 0.717) is 5.92 Å². The summed E-state index contributed by atoms with van der Waals surface area (Å²) in [6, 6.07) is 19.7. The number of allylic oxidation sites excluding steroid dienone is 7. The molecule has 0 heteroatoms. The van der Waals surface area contributed by atoms with Crippen molar-refractivity contribution < 1.29 is 0 Å². The zero-order chi connectivity index (χ0) is 18.4. The average Bonchev–Trinajstić information content (AvgIpc) is 3.24. The molecule has 0 nitrogen and oxygen atoms in total. The number of rotatable bonds is 3. The van der Waals surface area contributed by atoms with Gasteiger partial charge in [0.1, 0.15) is 0 Å². The van der Waals surface area contributed by atoms with Gasteiger partial charge in [-0.2, -0.15) is 0 Å². The Morgan fingerprint density at radius 2 is 1.62 bits per heavy atom. The van der Waals surface area contributed by atoms with E-state index in [1.54, 1.807) is 0 Å². The Bertz CT molecular complexity index is 920. The molecule has 0 spiro atoms. The van der Waals surface area contributed by atoms with Gasteiger partial charge in [-0.1, -0.05) is 110 Å². The van der Waals surface area contributed by atoms with Crippen molar-refractivity contribution in [3.05, 3.63) is 119 Å². The second kappa shape index (κ2) is 5.99. The van der Waals surface area contributed by atoms with E-state index >= 15 is 0 Å². The molecule has 0 aromatic heterocycles. The van der Waals surface area contributed by atoms with Gasteiger partial charge in [-0.05, 0) is 29.0 Å². The zero-order valence-electron chi connectivity index (χ0n) is 15.9. The molecule has 0 N–H and O–H groups in total. The predicted molar refractivity (Wildman–Crippen MR) is 111 cm³/mol. The highest BCUT2D eigenvalue weighted by atomic mass is 14.6. The van der Waals surface area contributed by atoms with Gasteiger partial charge < -0.3 is 0 Å². The first-order valence-electron chi connectivity index (χ1n) is 9.37. The Morgan fingerprint density at radius 3 is 2.27 bits per heavy atom. The second-order valence-electron chi connectivity index (χ2n) is 8.05. The Kier molecular flexibility index (Phi) is 3.88. The quantitative estimate of drug-likeness (QED) is 0.549. The summed E-state index contributed by atoms with van der Waals surface area (Å²) in [7, 11) is 0. The summed E-state index contributed by atoms with van der Waals surface area (Å²) in [5, 5.41) is 0. The molecule has 2 atom stereocenters. The highest BCUT2D eigenvalue weighted by Crippen LogP contribution is 2.67. The Morgan fingerprint density at radius 1 is 0.923 bits per heavy atom. The number of hydrogen-bond donors (Lipinski definition) is 0. The lowest BCUT2D eigenvalue weighted by Gasteiger charge is -2.32. The molecule has 2 aliphatic carbocycles. The molecule has 0 heterocycles. The van der Waals surface area contributed by atoms with Crippen molar-refractivity contribution in [3.63, 3.8) is 0 Å². The van der Waals surface area contributed by atoms with E-state index in [4.69, 9.17) is 0 Å². The molecule has 2 aromatic carbocycles. The largest absolute Gasteiger partial charge is 0.102 e. The molecule has 130 valence electrons. The van der Waals surface area contributed by atoms with Crippen LogP contribution in [0.4, 0.5) is 0 Å². The van der Waals surface area contributed by atoms with Gasteiger partial charge in [0.25, 0.3) is 0 Å². The third-order valence-corrected chi connectivity index (χ3v) is 6.07. The maximum Gasteiger partial charge on any atom is 0.0563 e.